The van der Waals surface area contributed by atoms with E-state index in [0.717, 1.165) is 19.5 Å². The second-order valence-corrected chi connectivity index (χ2v) is 3.40. The molecule has 1 rings (SSSR count). The first-order chi connectivity index (χ1) is 6.24. The van der Waals surface area contributed by atoms with Gasteiger partial charge in [0.05, 0.1) is 6.10 Å². The fraction of sp³-hybridized carbons (Fsp3) is 0.889. The van der Waals surface area contributed by atoms with Gasteiger partial charge in [-0.2, -0.15) is 0 Å². The van der Waals surface area contributed by atoms with Crippen molar-refractivity contribution in [3.05, 3.63) is 0 Å². The van der Waals surface area contributed by atoms with Crippen molar-refractivity contribution in [2.75, 3.05) is 26.2 Å². The van der Waals surface area contributed by atoms with Crippen molar-refractivity contribution in [3.63, 3.8) is 0 Å². The van der Waals surface area contributed by atoms with Crippen LogP contribution >= 0.6 is 0 Å². The molecule has 0 bridgehead atoms. The van der Waals surface area contributed by atoms with Crippen LogP contribution in [0.4, 0.5) is 0 Å². The van der Waals surface area contributed by atoms with Crippen LogP contribution in [0.5, 0.6) is 0 Å². The van der Waals surface area contributed by atoms with Crippen LogP contribution in [0.15, 0.2) is 0 Å². The van der Waals surface area contributed by atoms with Gasteiger partial charge in [0, 0.05) is 26.1 Å². The van der Waals surface area contributed by atoms with Crippen LogP contribution in [0.1, 0.15) is 19.8 Å². The van der Waals surface area contributed by atoms with E-state index in [9.17, 15) is 9.90 Å². The number of β-amino-alcohol motifs (C(OH)–C–C–N with tert-alkyl or cyclic N) is 1. The largest absolute Gasteiger partial charge is 0.390 e. The summed E-state index contributed by atoms with van der Waals surface area (Å²) < 4.78 is 0. The number of carbonyl (C=O) groups excluding carboxylic acids is 1. The number of nitrogens with zero attached hydrogens (tertiary/aromatic N) is 1. The summed E-state index contributed by atoms with van der Waals surface area (Å²) in [6, 6.07) is 0. The average Bonchev–Trinajstić information content (AvgIpc) is 2.48. The molecular weight excluding hydrogens is 168 g/mol. The minimum Gasteiger partial charge on any atom is -0.390 e. The van der Waals surface area contributed by atoms with E-state index in [-0.39, 0.29) is 5.91 Å². The SMILES string of the molecule is CCNCC(O)CN1CCCC1=O. The number of hydrogen-bond acceptors (Lipinski definition) is 3. The van der Waals surface area contributed by atoms with E-state index in [4.69, 9.17) is 0 Å². The van der Waals surface area contributed by atoms with E-state index in [0.29, 0.717) is 19.5 Å². The zero-order valence-electron chi connectivity index (χ0n) is 8.12. The van der Waals surface area contributed by atoms with Crippen molar-refractivity contribution in [3.8, 4) is 0 Å². The van der Waals surface area contributed by atoms with Crippen LogP contribution < -0.4 is 5.32 Å². The van der Waals surface area contributed by atoms with Gasteiger partial charge in [0.1, 0.15) is 0 Å². The van der Waals surface area contributed by atoms with Crippen LogP contribution in [0, 0.1) is 0 Å². The number of hydrogen-bond donors (Lipinski definition) is 2. The van der Waals surface area contributed by atoms with Crippen molar-refractivity contribution in [2.45, 2.75) is 25.9 Å². The lowest BCUT2D eigenvalue weighted by atomic mass is 10.3. The Morgan fingerprint density at radius 2 is 2.46 bits per heavy atom. The van der Waals surface area contributed by atoms with Gasteiger partial charge in [0.25, 0.3) is 0 Å². The van der Waals surface area contributed by atoms with Crippen molar-refractivity contribution >= 4 is 5.91 Å². The fourth-order valence-corrected chi connectivity index (χ4v) is 1.53. The second kappa shape index (κ2) is 5.19. The number of amides is 1. The molecule has 4 heteroatoms. The zero-order valence-corrected chi connectivity index (χ0v) is 8.12. The molecule has 13 heavy (non-hydrogen) atoms. The quantitative estimate of drug-likeness (QED) is 0.613. The second-order valence-electron chi connectivity index (χ2n) is 3.40. The lowest BCUT2D eigenvalue weighted by Gasteiger charge is -2.19. The Bertz CT molecular complexity index is 173. The number of aliphatic hydroxyl groups excluding tert-OH is 1. The normalized spacial score (nSPS) is 19.5. The smallest absolute Gasteiger partial charge is 0.222 e. The van der Waals surface area contributed by atoms with Crippen molar-refractivity contribution in [2.24, 2.45) is 0 Å². The van der Waals surface area contributed by atoms with Gasteiger partial charge in [-0.25, -0.2) is 0 Å². The summed E-state index contributed by atoms with van der Waals surface area (Å²) >= 11 is 0. The summed E-state index contributed by atoms with van der Waals surface area (Å²) in [5.74, 6) is 0.176. The summed E-state index contributed by atoms with van der Waals surface area (Å²) in [7, 11) is 0. The van der Waals surface area contributed by atoms with Crippen LogP contribution in [-0.4, -0.2) is 48.2 Å². The third-order valence-corrected chi connectivity index (χ3v) is 2.23. The lowest BCUT2D eigenvalue weighted by molar-refractivity contribution is -0.128. The standard InChI is InChI=1S/C9H18N2O2/c1-2-10-6-8(12)7-11-5-3-4-9(11)13/h8,10,12H,2-7H2,1H3. The van der Waals surface area contributed by atoms with Crippen molar-refractivity contribution in [1.82, 2.24) is 10.2 Å². The molecule has 0 aromatic carbocycles. The van der Waals surface area contributed by atoms with Crippen molar-refractivity contribution < 1.29 is 9.90 Å². The van der Waals surface area contributed by atoms with Gasteiger partial charge >= 0.3 is 0 Å². The highest BCUT2D eigenvalue weighted by molar-refractivity contribution is 5.78. The van der Waals surface area contributed by atoms with E-state index in [2.05, 4.69) is 5.32 Å². The molecule has 0 saturated carbocycles. The van der Waals surface area contributed by atoms with Crippen molar-refractivity contribution in [1.29, 1.82) is 0 Å². The van der Waals surface area contributed by atoms with E-state index >= 15 is 0 Å². The molecule has 0 radical (unpaired) electrons. The molecule has 1 fully saturated rings. The first kappa shape index (κ1) is 10.5. The number of rotatable bonds is 5. The number of likely N-dealkylation sites (tertiary alicyclic amines) is 1. The molecule has 4 nitrogen and oxygen atoms in total. The summed E-state index contributed by atoms with van der Waals surface area (Å²) in [6.07, 6.45) is 1.16. The third kappa shape index (κ3) is 3.32. The van der Waals surface area contributed by atoms with Gasteiger partial charge in [-0.15, -0.1) is 0 Å². The summed E-state index contributed by atoms with van der Waals surface area (Å²) in [5, 5.41) is 12.6. The fourth-order valence-electron chi connectivity index (χ4n) is 1.53. The van der Waals surface area contributed by atoms with Gasteiger partial charge in [0.2, 0.25) is 5.91 Å². The highest BCUT2D eigenvalue weighted by atomic mass is 16.3. The molecule has 1 aliphatic heterocycles. The molecule has 76 valence electrons. The van der Waals surface area contributed by atoms with Crippen LogP contribution in [0.3, 0.4) is 0 Å². The average molecular weight is 186 g/mol. The Balaban J connectivity index is 2.19. The number of nitrogens with one attached hydrogen (secondary N) is 1. The van der Waals surface area contributed by atoms with Crippen LogP contribution in [0.25, 0.3) is 0 Å². The molecule has 2 N–H and O–H groups in total. The van der Waals surface area contributed by atoms with Gasteiger partial charge < -0.3 is 15.3 Å². The molecular formula is C9H18N2O2. The molecule has 0 spiro atoms. The van der Waals surface area contributed by atoms with Gasteiger partial charge in [-0.3, -0.25) is 4.79 Å². The maximum Gasteiger partial charge on any atom is 0.222 e. The van der Waals surface area contributed by atoms with E-state index in [1.54, 1.807) is 4.90 Å². The molecule has 0 aromatic heterocycles. The first-order valence-electron chi connectivity index (χ1n) is 4.90. The number of likely N-dealkylation sites (N-methyl/N-ethyl adjacent to an activating group) is 1. The molecule has 0 aromatic rings. The van der Waals surface area contributed by atoms with E-state index in [1.165, 1.54) is 0 Å². The Morgan fingerprint density at radius 3 is 3.00 bits per heavy atom. The molecule has 1 amide bonds. The van der Waals surface area contributed by atoms with E-state index in [1.807, 2.05) is 6.92 Å². The third-order valence-electron chi connectivity index (χ3n) is 2.23. The molecule has 1 atom stereocenters. The molecule has 1 unspecified atom stereocenters. The van der Waals surface area contributed by atoms with Gasteiger partial charge in [-0.1, -0.05) is 6.92 Å². The predicted molar refractivity (Wildman–Crippen MR) is 50.4 cm³/mol. The predicted octanol–water partition coefficient (Wildman–Crippen LogP) is -0.421. The van der Waals surface area contributed by atoms with Crippen LogP contribution in [0.2, 0.25) is 0 Å². The zero-order chi connectivity index (χ0) is 9.68. The molecule has 0 aliphatic carbocycles. The Hall–Kier alpha value is -0.610. The minimum atomic E-state index is -0.429. The lowest BCUT2D eigenvalue weighted by Crippen LogP contribution is -2.38. The summed E-state index contributed by atoms with van der Waals surface area (Å²) in [5.41, 5.74) is 0. The number of aliphatic hydroxyl groups is 1. The Labute approximate surface area is 78.9 Å². The first-order valence-corrected chi connectivity index (χ1v) is 4.90. The number of carbonyl (C=O) groups is 1. The maximum absolute atomic E-state index is 11.2. The Morgan fingerprint density at radius 1 is 1.69 bits per heavy atom. The highest BCUT2D eigenvalue weighted by Gasteiger charge is 2.21. The van der Waals surface area contributed by atoms with Crippen LogP contribution in [-0.2, 0) is 4.79 Å². The van der Waals surface area contributed by atoms with Gasteiger partial charge in [0.15, 0.2) is 0 Å². The highest BCUT2D eigenvalue weighted by Crippen LogP contribution is 2.09. The van der Waals surface area contributed by atoms with Gasteiger partial charge in [-0.05, 0) is 13.0 Å². The minimum absolute atomic E-state index is 0.176. The monoisotopic (exact) mass is 186 g/mol. The molecule has 1 heterocycles. The Kier molecular flexibility index (Phi) is 4.18. The topological polar surface area (TPSA) is 52.6 Å². The molecule has 1 saturated heterocycles. The summed E-state index contributed by atoms with van der Waals surface area (Å²) in [6.45, 7) is 4.70. The van der Waals surface area contributed by atoms with E-state index < -0.39 is 6.10 Å². The maximum atomic E-state index is 11.2. The summed E-state index contributed by atoms with van der Waals surface area (Å²) in [4.78, 5) is 12.9. The molecule has 1 aliphatic rings.